The summed E-state index contributed by atoms with van der Waals surface area (Å²) in [7, 11) is 0. The van der Waals surface area contributed by atoms with Crippen LogP contribution in [-0.2, 0) is 9.47 Å². The van der Waals surface area contributed by atoms with Gasteiger partial charge in [-0.1, -0.05) is 25.1 Å². The fourth-order valence-corrected chi connectivity index (χ4v) is 2.43. The van der Waals surface area contributed by atoms with Gasteiger partial charge in [0, 0.05) is 0 Å². The lowest BCUT2D eigenvalue weighted by Gasteiger charge is -2.23. The molecule has 98 valence electrons. The van der Waals surface area contributed by atoms with Crippen molar-refractivity contribution in [3.05, 3.63) is 35.9 Å². The van der Waals surface area contributed by atoms with E-state index in [1.807, 2.05) is 25.1 Å². The van der Waals surface area contributed by atoms with Crippen LogP contribution in [-0.4, -0.2) is 24.3 Å². The van der Waals surface area contributed by atoms with Crippen LogP contribution in [0.2, 0.25) is 0 Å². The summed E-state index contributed by atoms with van der Waals surface area (Å²) in [5, 5.41) is 0. The molecule has 1 heterocycles. The number of benzene rings is 1. The summed E-state index contributed by atoms with van der Waals surface area (Å²) in [5.41, 5.74) is 0.240. The second-order valence-electron chi connectivity index (χ2n) is 5.40. The van der Waals surface area contributed by atoms with Crippen LogP contribution in [0.1, 0.15) is 37.6 Å². The average molecular weight is 248 g/mol. The molecule has 0 aliphatic carbocycles. The fourth-order valence-electron chi connectivity index (χ4n) is 2.43. The van der Waals surface area contributed by atoms with Crippen molar-refractivity contribution in [3.63, 3.8) is 0 Å². The largest absolute Gasteiger partial charge is 0.459 e. The van der Waals surface area contributed by atoms with Gasteiger partial charge in [0.05, 0.1) is 11.7 Å². The van der Waals surface area contributed by atoms with Crippen molar-refractivity contribution in [2.75, 3.05) is 6.61 Å². The number of hydrogen-bond donors (Lipinski definition) is 0. The molecule has 3 nitrogen and oxygen atoms in total. The Balaban J connectivity index is 1.91. The first-order valence-electron chi connectivity index (χ1n) is 6.40. The minimum atomic E-state index is -0.344. The molecule has 1 aromatic carbocycles. The molecule has 0 amide bonds. The standard InChI is InChI=1S/C15H20O3/c1-11-9-15(3,18-12(11)2)10-17-14(16)13-7-5-4-6-8-13/h4-8,11-12H,9-10H2,1-3H3/t11-,12-,15+/m1/s1. The van der Waals surface area contributed by atoms with Gasteiger partial charge in [-0.15, -0.1) is 0 Å². The second kappa shape index (κ2) is 5.11. The lowest BCUT2D eigenvalue weighted by Crippen LogP contribution is -2.32. The highest BCUT2D eigenvalue weighted by atomic mass is 16.6. The quantitative estimate of drug-likeness (QED) is 0.771. The van der Waals surface area contributed by atoms with Crippen LogP contribution in [0.25, 0.3) is 0 Å². The Labute approximate surface area is 108 Å². The van der Waals surface area contributed by atoms with Crippen LogP contribution in [0.15, 0.2) is 30.3 Å². The Morgan fingerprint density at radius 3 is 2.61 bits per heavy atom. The number of carbonyl (C=O) groups excluding carboxylic acids is 1. The van der Waals surface area contributed by atoms with Gasteiger partial charge in [0.2, 0.25) is 0 Å². The number of rotatable bonds is 3. The van der Waals surface area contributed by atoms with Gasteiger partial charge in [0.1, 0.15) is 12.2 Å². The first kappa shape index (κ1) is 13.1. The molecular weight excluding hydrogens is 228 g/mol. The highest BCUT2D eigenvalue weighted by Gasteiger charge is 2.40. The van der Waals surface area contributed by atoms with Crippen molar-refractivity contribution in [3.8, 4) is 0 Å². The van der Waals surface area contributed by atoms with Gasteiger partial charge in [0.15, 0.2) is 0 Å². The zero-order chi connectivity index (χ0) is 13.2. The lowest BCUT2D eigenvalue weighted by atomic mass is 9.96. The Morgan fingerprint density at radius 2 is 2.06 bits per heavy atom. The number of hydrogen-bond acceptors (Lipinski definition) is 3. The Bertz CT molecular complexity index is 403. The molecule has 0 saturated carbocycles. The summed E-state index contributed by atoms with van der Waals surface area (Å²) < 4.78 is 11.2. The summed E-state index contributed by atoms with van der Waals surface area (Å²) in [6.45, 7) is 6.55. The molecule has 1 saturated heterocycles. The average Bonchev–Trinajstić information content (AvgIpc) is 2.62. The van der Waals surface area contributed by atoms with Crippen LogP contribution in [0.4, 0.5) is 0 Å². The molecule has 0 bridgehead atoms. The van der Waals surface area contributed by atoms with Crippen LogP contribution in [0, 0.1) is 5.92 Å². The molecule has 0 radical (unpaired) electrons. The Kier molecular flexibility index (Phi) is 3.71. The zero-order valence-electron chi connectivity index (χ0n) is 11.2. The van der Waals surface area contributed by atoms with Gasteiger partial charge in [-0.25, -0.2) is 4.79 Å². The molecule has 3 atom stereocenters. The van der Waals surface area contributed by atoms with E-state index in [0.717, 1.165) is 6.42 Å². The van der Waals surface area contributed by atoms with E-state index in [1.165, 1.54) is 0 Å². The second-order valence-corrected chi connectivity index (χ2v) is 5.40. The van der Waals surface area contributed by atoms with E-state index >= 15 is 0 Å². The number of ether oxygens (including phenoxy) is 2. The summed E-state index contributed by atoms with van der Waals surface area (Å²) in [5.74, 6) is 0.220. The third kappa shape index (κ3) is 2.91. The predicted octanol–water partition coefficient (Wildman–Crippen LogP) is 3.05. The molecule has 3 heteroatoms. The zero-order valence-corrected chi connectivity index (χ0v) is 11.2. The molecule has 0 N–H and O–H groups in total. The maximum atomic E-state index is 11.8. The van der Waals surface area contributed by atoms with Gasteiger partial charge < -0.3 is 9.47 Å². The number of esters is 1. The van der Waals surface area contributed by atoms with Gasteiger partial charge >= 0.3 is 5.97 Å². The van der Waals surface area contributed by atoms with Gasteiger partial charge in [0.25, 0.3) is 0 Å². The monoisotopic (exact) mass is 248 g/mol. The first-order valence-corrected chi connectivity index (χ1v) is 6.40. The van der Waals surface area contributed by atoms with Gasteiger partial charge in [-0.3, -0.25) is 0 Å². The van der Waals surface area contributed by atoms with E-state index in [-0.39, 0.29) is 17.7 Å². The Hall–Kier alpha value is -1.35. The van der Waals surface area contributed by atoms with Gasteiger partial charge in [-0.2, -0.15) is 0 Å². The maximum Gasteiger partial charge on any atom is 0.338 e. The van der Waals surface area contributed by atoms with Crippen molar-refractivity contribution in [2.45, 2.75) is 38.9 Å². The minimum Gasteiger partial charge on any atom is -0.459 e. The molecule has 18 heavy (non-hydrogen) atoms. The predicted molar refractivity (Wildman–Crippen MR) is 69.5 cm³/mol. The van der Waals surface area contributed by atoms with E-state index in [4.69, 9.17) is 9.47 Å². The normalized spacial score (nSPS) is 31.3. The first-order chi connectivity index (χ1) is 8.50. The number of carbonyl (C=O) groups is 1. The van der Waals surface area contributed by atoms with E-state index in [1.54, 1.807) is 12.1 Å². The third-order valence-corrected chi connectivity index (χ3v) is 3.54. The molecule has 1 fully saturated rings. The van der Waals surface area contributed by atoms with E-state index in [0.29, 0.717) is 18.1 Å². The summed E-state index contributed by atoms with van der Waals surface area (Å²) >= 11 is 0. The lowest BCUT2D eigenvalue weighted by molar-refractivity contribution is -0.0642. The Morgan fingerprint density at radius 1 is 1.39 bits per heavy atom. The fraction of sp³-hybridized carbons (Fsp3) is 0.533. The highest BCUT2D eigenvalue weighted by Crippen LogP contribution is 2.34. The molecule has 0 aromatic heterocycles. The highest BCUT2D eigenvalue weighted by molar-refractivity contribution is 5.89. The molecule has 2 rings (SSSR count). The van der Waals surface area contributed by atoms with Crippen LogP contribution in [0.3, 0.4) is 0 Å². The van der Waals surface area contributed by atoms with Crippen molar-refractivity contribution in [1.82, 2.24) is 0 Å². The van der Waals surface area contributed by atoms with Crippen molar-refractivity contribution in [2.24, 2.45) is 5.92 Å². The minimum absolute atomic E-state index is 0.227. The molecule has 1 aliphatic heterocycles. The van der Waals surface area contributed by atoms with Crippen molar-refractivity contribution >= 4 is 5.97 Å². The summed E-state index contributed by atoms with van der Waals surface area (Å²) in [6, 6.07) is 9.04. The van der Waals surface area contributed by atoms with Crippen molar-refractivity contribution < 1.29 is 14.3 Å². The smallest absolute Gasteiger partial charge is 0.338 e. The third-order valence-electron chi connectivity index (χ3n) is 3.54. The van der Waals surface area contributed by atoms with Crippen LogP contribution < -0.4 is 0 Å². The molecular formula is C15H20O3. The molecule has 1 aromatic rings. The van der Waals surface area contributed by atoms with Crippen LogP contribution >= 0.6 is 0 Å². The topological polar surface area (TPSA) is 35.5 Å². The van der Waals surface area contributed by atoms with Crippen LogP contribution in [0.5, 0.6) is 0 Å². The van der Waals surface area contributed by atoms with E-state index < -0.39 is 0 Å². The van der Waals surface area contributed by atoms with Gasteiger partial charge in [-0.05, 0) is 38.3 Å². The summed E-state index contributed by atoms with van der Waals surface area (Å²) in [4.78, 5) is 11.8. The maximum absolute atomic E-state index is 11.8. The SMILES string of the molecule is C[C@@H]1C[C@@](C)(COC(=O)c2ccccc2)O[C@@H]1C. The van der Waals surface area contributed by atoms with E-state index in [9.17, 15) is 4.79 Å². The molecule has 0 spiro atoms. The van der Waals surface area contributed by atoms with Crippen molar-refractivity contribution in [1.29, 1.82) is 0 Å². The van der Waals surface area contributed by atoms with E-state index in [2.05, 4.69) is 13.8 Å². The molecule has 0 unspecified atom stereocenters. The summed E-state index contributed by atoms with van der Waals surface area (Å²) in [6.07, 6.45) is 1.15. The molecule has 1 aliphatic rings.